The summed E-state index contributed by atoms with van der Waals surface area (Å²) < 4.78 is 5.17. The van der Waals surface area contributed by atoms with Crippen LogP contribution in [0.4, 0.5) is 0 Å². The number of methoxy groups -OCH3 is 1. The maximum atomic E-state index is 12.8. The van der Waals surface area contributed by atoms with Crippen molar-refractivity contribution in [2.24, 2.45) is 0 Å². The topological polar surface area (TPSA) is 87.2 Å². The quantitative estimate of drug-likeness (QED) is 0.773. The smallest absolute Gasteiger partial charge is 0.323 e. The summed E-state index contributed by atoms with van der Waals surface area (Å²) in [5.41, 5.74) is 1.09. The summed E-state index contributed by atoms with van der Waals surface area (Å²) in [6.45, 7) is 4.33. The zero-order valence-corrected chi connectivity index (χ0v) is 16.9. The molecule has 0 spiro atoms. The number of amides is 2. The maximum Gasteiger partial charge on any atom is 0.323 e. The van der Waals surface area contributed by atoms with Gasteiger partial charge in [0.05, 0.1) is 7.11 Å². The summed E-state index contributed by atoms with van der Waals surface area (Å²) in [4.78, 5) is 38.9. The molecule has 1 saturated heterocycles. The van der Waals surface area contributed by atoms with Gasteiger partial charge in [-0.2, -0.15) is 0 Å². The fourth-order valence-corrected chi connectivity index (χ4v) is 3.72. The van der Waals surface area contributed by atoms with E-state index in [-0.39, 0.29) is 30.3 Å². The lowest BCUT2D eigenvalue weighted by Crippen LogP contribution is -2.43. The second kappa shape index (κ2) is 10.1. The van der Waals surface area contributed by atoms with Gasteiger partial charge in [-0.1, -0.05) is 19.1 Å². The van der Waals surface area contributed by atoms with E-state index in [1.165, 1.54) is 11.8 Å². The number of ether oxygens (including phenoxy) is 1. The van der Waals surface area contributed by atoms with Gasteiger partial charge in [0.2, 0.25) is 11.8 Å². The van der Waals surface area contributed by atoms with E-state index in [0.717, 1.165) is 17.7 Å². The third-order valence-electron chi connectivity index (χ3n) is 5.37. The minimum Gasteiger partial charge on any atom is -0.497 e. The Bertz CT molecular complexity index is 689. The minimum absolute atomic E-state index is 0.0941. The van der Waals surface area contributed by atoms with Crippen molar-refractivity contribution in [3.8, 4) is 5.75 Å². The van der Waals surface area contributed by atoms with Crippen LogP contribution in [-0.2, 0) is 14.4 Å². The van der Waals surface area contributed by atoms with Gasteiger partial charge in [0.15, 0.2) is 0 Å². The summed E-state index contributed by atoms with van der Waals surface area (Å²) in [7, 11) is 1.62. The lowest BCUT2D eigenvalue weighted by molar-refractivity contribution is -0.145. The first-order valence-electron chi connectivity index (χ1n) is 9.72. The number of aliphatic carboxylic acids is 1. The van der Waals surface area contributed by atoms with Gasteiger partial charge in [0.25, 0.3) is 0 Å². The predicted octanol–water partition coefficient (Wildman–Crippen LogP) is 2.50. The fourth-order valence-electron chi connectivity index (χ4n) is 3.72. The molecule has 2 amide bonds. The van der Waals surface area contributed by atoms with Crippen LogP contribution in [0.2, 0.25) is 0 Å². The number of rotatable bonds is 7. The Morgan fingerprint density at radius 1 is 1.21 bits per heavy atom. The van der Waals surface area contributed by atoms with Crippen LogP contribution >= 0.6 is 0 Å². The highest BCUT2D eigenvalue weighted by Gasteiger charge is 2.28. The molecule has 1 aliphatic heterocycles. The van der Waals surface area contributed by atoms with E-state index in [0.29, 0.717) is 32.4 Å². The van der Waals surface area contributed by atoms with Crippen LogP contribution in [0.5, 0.6) is 5.75 Å². The SMILES string of the molecule is COc1ccc(C(C)CC(=O)N2CCCC(N(CC(=O)O)C(C)=O)CC2)cc1. The van der Waals surface area contributed by atoms with E-state index >= 15 is 0 Å². The van der Waals surface area contributed by atoms with Crippen LogP contribution in [-0.4, -0.2) is 65.5 Å². The number of hydrogen-bond donors (Lipinski definition) is 1. The molecule has 7 nitrogen and oxygen atoms in total. The van der Waals surface area contributed by atoms with E-state index in [2.05, 4.69) is 0 Å². The number of benzene rings is 1. The maximum absolute atomic E-state index is 12.8. The molecule has 0 radical (unpaired) electrons. The lowest BCUT2D eigenvalue weighted by atomic mass is 9.97. The van der Waals surface area contributed by atoms with Crippen LogP contribution in [0.15, 0.2) is 24.3 Å². The molecule has 0 bridgehead atoms. The molecule has 1 N–H and O–H groups in total. The summed E-state index contributed by atoms with van der Waals surface area (Å²) >= 11 is 0. The molecule has 154 valence electrons. The number of carboxylic acid groups (broad SMARTS) is 1. The number of hydrogen-bond acceptors (Lipinski definition) is 4. The molecular weight excluding hydrogens is 360 g/mol. The average molecular weight is 390 g/mol. The van der Waals surface area contributed by atoms with Gasteiger partial charge >= 0.3 is 5.97 Å². The zero-order valence-electron chi connectivity index (χ0n) is 16.9. The molecule has 2 atom stereocenters. The highest BCUT2D eigenvalue weighted by Crippen LogP contribution is 2.24. The van der Waals surface area contributed by atoms with Crippen LogP contribution in [0.25, 0.3) is 0 Å². The molecule has 28 heavy (non-hydrogen) atoms. The summed E-state index contributed by atoms with van der Waals surface area (Å²) in [5.74, 6) is -0.270. The highest BCUT2D eigenvalue weighted by atomic mass is 16.5. The Balaban J connectivity index is 1.93. The second-order valence-corrected chi connectivity index (χ2v) is 7.38. The molecule has 2 unspecified atom stereocenters. The highest BCUT2D eigenvalue weighted by molar-refractivity contribution is 5.80. The van der Waals surface area contributed by atoms with Gasteiger partial charge in [-0.3, -0.25) is 14.4 Å². The summed E-state index contributed by atoms with van der Waals surface area (Å²) in [6, 6.07) is 7.61. The second-order valence-electron chi connectivity index (χ2n) is 7.38. The summed E-state index contributed by atoms with van der Waals surface area (Å²) in [6.07, 6.45) is 2.50. The standard InChI is InChI=1S/C21H30N2O5/c1-15(17-6-8-19(28-3)9-7-17)13-20(25)22-11-4-5-18(10-12-22)23(16(2)24)14-21(26)27/h6-9,15,18H,4-5,10-14H2,1-3H3,(H,26,27). The van der Waals surface area contributed by atoms with E-state index in [1.54, 1.807) is 7.11 Å². The van der Waals surface area contributed by atoms with Gasteiger partial charge in [-0.15, -0.1) is 0 Å². The molecule has 1 aliphatic rings. The lowest BCUT2D eigenvalue weighted by Gasteiger charge is -2.29. The molecule has 0 aromatic heterocycles. The number of likely N-dealkylation sites (tertiary alicyclic amines) is 1. The fraction of sp³-hybridized carbons (Fsp3) is 0.571. The van der Waals surface area contributed by atoms with E-state index < -0.39 is 5.97 Å². The van der Waals surface area contributed by atoms with Gasteiger partial charge in [-0.25, -0.2) is 0 Å². The first-order chi connectivity index (χ1) is 13.3. The normalized spacial score (nSPS) is 18.1. The van der Waals surface area contributed by atoms with Crippen molar-refractivity contribution in [1.29, 1.82) is 0 Å². The summed E-state index contributed by atoms with van der Waals surface area (Å²) in [5, 5.41) is 9.05. The monoisotopic (exact) mass is 390 g/mol. The predicted molar refractivity (Wildman–Crippen MR) is 105 cm³/mol. The van der Waals surface area contributed by atoms with Crippen molar-refractivity contribution < 1.29 is 24.2 Å². The van der Waals surface area contributed by atoms with Gasteiger partial charge in [-0.05, 0) is 42.9 Å². The molecule has 0 aliphatic carbocycles. The van der Waals surface area contributed by atoms with Crippen LogP contribution < -0.4 is 4.74 Å². The molecule has 0 saturated carbocycles. The van der Waals surface area contributed by atoms with Crippen LogP contribution in [0.1, 0.15) is 51.0 Å². The van der Waals surface area contributed by atoms with Crippen molar-refractivity contribution in [3.05, 3.63) is 29.8 Å². The van der Waals surface area contributed by atoms with Crippen molar-refractivity contribution in [1.82, 2.24) is 9.80 Å². The van der Waals surface area contributed by atoms with Crippen molar-refractivity contribution in [2.75, 3.05) is 26.7 Å². The van der Waals surface area contributed by atoms with Crippen molar-refractivity contribution in [3.63, 3.8) is 0 Å². The van der Waals surface area contributed by atoms with Gasteiger partial charge in [0, 0.05) is 32.5 Å². The minimum atomic E-state index is -1.01. The van der Waals surface area contributed by atoms with E-state index in [4.69, 9.17) is 9.84 Å². The Kier molecular flexibility index (Phi) is 7.84. The molecule has 1 aromatic rings. The third-order valence-corrected chi connectivity index (χ3v) is 5.37. The first kappa shape index (κ1) is 21.7. The number of carboxylic acids is 1. The third kappa shape index (κ3) is 5.97. The Morgan fingerprint density at radius 2 is 1.89 bits per heavy atom. The van der Waals surface area contributed by atoms with Gasteiger partial charge < -0.3 is 19.6 Å². The molecule has 7 heteroatoms. The largest absolute Gasteiger partial charge is 0.497 e. The van der Waals surface area contributed by atoms with E-state index in [1.807, 2.05) is 36.1 Å². The zero-order chi connectivity index (χ0) is 20.7. The first-order valence-corrected chi connectivity index (χ1v) is 9.72. The number of nitrogens with zero attached hydrogens (tertiary/aromatic N) is 2. The molecule has 1 heterocycles. The van der Waals surface area contributed by atoms with Crippen LogP contribution in [0.3, 0.4) is 0 Å². The van der Waals surface area contributed by atoms with Crippen LogP contribution in [0, 0.1) is 0 Å². The van der Waals surface area contributed by atoms with Gasteiger partial charge in [0.1, 0.15) is 12.3 Å². The molecule has 1 fully saturated rings. The van der Waals surface area contributed by atoms with E-state index in [9.17, 15) is 14.4 Å². The number of carbonyl (C=O) groups excluding carboxylic acids is 2. The Hall–Kier alpha value is -2.57. The molecular formula is C21H30N2O5. The van der Waals surface area contributed by atoms with Crippen molar-refractivity contribution >= 4 is 17.8 Å². The van der Waals surface area contributed by atoms with Crippen molar-refractivity contribution in [2.45, 2.75) is 51.5 Å². The number of carbonyl (C=O) groups is 3. The Labute approximate surface area is 166 Å². The Morgan fingerprint density at radius 3 is 2.46 bits per heavy atom. The molecule has 1 aromatic carbocycles. The average Bonchev–Trinajstić information content (AvgIpc) is 2.92. The molecule has 2 rings (SSSR count).